The highest BCUT2D eigenvalue weighted by Gasteiger charge is 2.19. The molecule has 2 aliphatic rings. The molecule has 0 aliphatic carbocycles. The highest BCUT2D eigenvalue weighted by Crippen LogP contribution is 2.15. The second kappa shape index (κ2) is 7.97. The van der Waals surface area contributed by atoms with Gasteiger partial charge in [0, 0.05) is 45.7 Å². The summed E-state index contributed by atoms with van der Waals surface area (Å²) in [6, 6.07) is 0. The van der Waals surface area contributed by atoms with Crippen LogP contribution < -0.4 is 5.32 Å². The van der Waals surface area contributed by atoms with Crippen LogP contribution in [0.25, 0.3) is 0 Å². The molecule has 2 heterocycles. The van der Waals surface area contributed by atoms with Crippen LogP contribution in [0, 0.1) is 5.92 Å². The van der Waals surface area contributed by atoms with Gasteiger partial charge in [-0.05, 0) is 25.3 Å². The summed E-state index contributed by atoms with van der Waals surface area (Å²) in [4.78, 5) is 16.5. The summed E-state index contributed by atoms with van der Waals surface area (Å²) in [7, 11) is 0. The number of nitrogens with one attached hydrogen (secondary N) is 1. The fraction of sp³-hybridized carbons (Fsp3) is 0.923. The highest BCUT2D eigenvalue weighted by molar-refractivity contribution is 5.85. The van der Waals surface area contributed by atoms with Crippen LogP contribution in [0.3, 0.4) is 0 Å². The Balaban J connectivity index is 0.00000162. The maximum absolute atomic E-state index is 12.0. The number of nitrogens with zero attached hydrogens (tertiary/aromatic N) is 2. The summed E-state index contributed by atoms with van der Waals surface area (Å²) >= 11 is 0. The van der Waals surface area contributed by atoms with Gasteiger partial charge in [-0.2, -0.15) is 0 Å². The molecule has 1 N–H and O–H groups in total. The van der Waals surface area contributed by atoms with Gasteiger partial charge in [0.25, 0.3) is 0 Å². The van der Waals surface area contributed by atoms with E-state index >= 15 is 0 Å². The third kappa shape index (κ3) is 4.75. The van der Waals surface area contributed by atoms with E-state index in [2.05, 4.69) is 17.1 Å². The van der Waals surface area contributed by atoms with E-state index in [9.17, 15) is 4.79 Å². The van der Waals surface area contributed by atoms with Crippen molar-refractivity contribution in [2.45, 2.75) is 26.2 Å². The molecule has 2 fully saturated rings. The Bertz CT molecular complexity index is 257. The van der Waals surface area contributed by atoms with E-state index in [1.165, 1.54) is 25.9 Å². The molecule has 2 rings (SSSR count). The van der Waals surface area contributed by atoms with Crippen molar-refractivity contribution >= 4 is 18.3 Å². The van der Waals surface area contributed by atoms with Crippen molar-refractivity contribution in [1.82, 2.24) is 15.1 Å². The topological polar surface area (TPSA) is 35.6 Å². The van der Waals surface area contributed by atoms with Crippen LogP contribution in [0.15, 0.2) is 0 Å². The molecule has 1 atom stereocenters. The van der Waals surface area contributed by atoms with E-state index in [0.717, 1.165) is 38.6 Å². The molecule has 106 valence electrons. The molecule has 5 heteroatoms. The van der Waals surface area contributed by atoms with E-state index in [-0.39, 0.29) is 12.4 Å². The molecule has 0 aromatic heterocycles. The molecule has 2 aliphatic heterocycles. The lowest BCUT2D eigenvalue weighted by Crippen LogP contribution is -2.47. The van der Waals surface area contributed by atoms with Crippen molar-refractivity contribution in [1.29, 1.82) is 0 Å². The SMILES string of the molecule is CC1CCCN(CCC(=O)N2CCNCC2)C1.Cl. The quantitative estimate of drug-likeness (QED) is 0.834. The van der Waals surface area contributed by atoms with Gasteiger partial charge in [0.1, 0.15) is 0 Å². The summed E-state index contributed by atoms with van der Waals surface area (Å²) in [5.74, 6) is 1.14. The first kappa shape index (κ1) is 15.7. The first-order valence-corrected chi connectivity index (χ1v) is 6.96. The summed E-state index contributed by atoms with van der Waals surface area (Å²) in [6.45, 7) is 9.29. The summed E-state index contributed by atoms with van der Waals surface area (Å²) in [5.41, 5.74) is 0. The minimum Gasteiger partial charge on any atom is -0.340 e. The zero-order valence-corrected chi connectivity index (χ0v) is 12.2. The predicted molar refractivity (Wildman–Crippen MR) is 76.2 cm³/mol. The highest BCUT2D eigenvalue weighted by atomic mass is 35.5. The number of carbonyl (C=O) groups is 1. The van der Waals surface area contributed by atoms with Gasteiger partial charge in [0.15, 0.2) is 0 Å². The largest absolute Gasteiger partial charge is 0.340 e. The van der Waals surface area contributed by atoms with E-state index in [4.69, 9.17) is 0 Å². The van der Waals surface area contributed by atoms with Gasteiger partial charge in [0.2, 0.25) is 5.91 Å². The Morgan fingerprint density at radius 1 is 1.28 bits per heavy atom. The van der Waals surface area contributed by atoms with Crippen LogP contribution in [0.2, 0.25) is 0 Å². The Labute approximate surface area is 116 Å². The van der Waals surface area contributed by atoms with E-state index in [1.807, 2.05) is 4.90 Å². The fourth-order valence-electron chi connectivity index (χ4n) is 2.82. The van der Waals surface area contributed by atoms with E-state index < -0.39 is 0 Å². The molecule has 0 aromatic carbocycles. The zero-order valence-electron chi connectivity index (χ0n) is 11.4. The van der Waals surface area contributed by atoms with Gasteiger partial charge in [-0.25, -0.2) is 0 Å². The van der Waals surface area contributed by atoms with Gasteiger partial charge < -0.3 is 15.1 Å². The van der Waals surface area contributed by atoms with Crippen LogP contribution in [0.1, 0.15) is 26.2 Å². The molecule has 0 bridgehead atoms. The molecular formula is C13H26ClN3O. The molecule has 4 nitrogen and oxygen atoms in total. The molecule has 0 spiro atoms. The van der Waals surface area contributed by atoms with Gasteiger partial charge >= 0.3 is 0 Å². The van der Waals surface area contributed by atoms with Crippen LogP contribution >= 0.6 is 12.4 Å². The number of hydrogen-bond acceptors (Lipinski definition) is 3. The van der Waals surface area contributed by atoms with E-state index in [0.29, 0.717) is 12.3 Å². The predicted octanol–water partition coefficient (Wildman–Crippen LogP) is 0.962. The van der Waals surface area contributed by atoms with Crippen molar-refractivity contribution in [3.63, 3.8) is 0 Å². The Morgan fingerprint density at radius 2 is 2.00 bits per heavy atom. The molecule has 0 saturated carbocycles. The fourth-order valence-corrected chi connectivity index (χ4v) is 2.82. The van der Waals surface area contributed by atoms with Crippen LogP contribution in [0.4, 0.5) is 0 Å². The Hall–Kier alpha value is -0.320. The number of hydrogen-bond donors (Lipinski definition) is 1. The van der Waals surface area contributed by atoms with Gasteiger partial charge in [-0.15, -0.1) is 12.4 Å². The Morgan fingerprint density at radius 3 is 2.67 bits per heavy atom. The summed E-state index contributed by atoms with van der Waals surface area (Å²) in [5, 5.41) is 3.28. The summed E-state index contributed by atoms with van der Waals surface area (Å²) in [6.07, 6.45) is 3.35. The van der Waals surface area contributed by atoms with Crippen LogP contribution in [0.5, 0.6) is 0 Å². The number of likely N-dealkylation sites (tertiary alicyclic amines) is 1. The monoisotopic (exact) mass is 275 g/mol. The first-order valence-electron chi connectivity index (χ1n) is 6.96. The normalized spacial score (nSPS) is 25.6. The smallest absolute Gasteiger partial charge is 0.223 e. The van der Waals surface area contributed by atoms with Crippen molar-refractivity contribution in [3.8, 4) is 0 Å². The second-order valence-electron chi connectivity index (χ2n) is 5.43. The van der Waals surface area contributed by atoms with Gasteiger partial charge in [-0.1, -0.05) is 6.92 Å². The molecule has 0 aromatic rings. The number of amides is 1. The third-order valence-electron chi connectivity index (χ3n) is 3.85. The van der Waals surface area contributed by atoms with Crippen molar-refractivity contribution < 1.29 is 4.79 Å². The number of rotatable bonds is 3. The number of piperidine rings is 1. The maximum atomic E-state index is 12.0. The molecule has 1 amide bonds. The minimum atomic E-state index is 0. The average Bonchev–Trinajstić information content (AvgIpc) is 2.37. The molecule has 0 radical (unpaired) electrons. The lowest BCUT2D eigenvalue weighted by Gasteiger charge is -2.32. The van der Waals surface area contributed by atoms with E-state index in [1.54, 1.807) is 0 Å². The second-order valence-corrected chi connectivity index (χ2v) is 5.43. The van der Waals surface area contributed by atoms with Crippen LogP contribution in [-0.2, 0) is 4.79 Å². The van der Waals surface area contributed by atoms with Crippen LogP contribution in [-0.4, -0.2) is 61.5 Å². The minimum absolute atomic E-state index is 0. The molecule has 1 unspecified atom stereocenters. The maximum Gasteiger partial charge on any atom is 0.223 e. The number of piperazine rings is 1. The zero-order chi connectivity index (χ0) is 12.1. The summed E-state index contributed by atoms with van der Waals surface area (Å²) < 4.78 is 0. The van der Waals surface area contributed by atoms with Crippen molar-refractivity contribution in [3.05, 3.63) is 0 Å². The number of carbonyl (C=O) groups excluding carboxylic acids is 1. The van der Waals surface area contributed by atoms with Gasteiger partial charge in [0.05, 0.1) is 0 Å². The third-order valence-corrected chi connectivity index (χ3v) is 3.85. The molecule has 2 saturated heterocycles. The van der Waals surface area contributed by atoms with Gasteiger partial charge in [-0.3, -0.25) is 4.79 Å². The first-order chi connectivity index (χ1) is 8.25. The standard InChI is InChI=1S/C13H25N3O.ClH/c1-12-3-2-7-15(11-12)8-4-13(17)16-9-5-14-6-10-16;/h12,14H,2-11H2,1H3;1H. The lowest BCUT2D eigenvalue weighted by atomic mass is 10.0. The Kier molecular flexibility index (Phi) is 6.97. The average molecular weight is 276 g/mol. The lowest BCUT2D eigenvalue weighted by molar-refractivity contribution is -0.132. The van der Waals surface area contributed by atoms with Crippen molar-refractivity contribution in [2.75, 3.05) is 45.8 Å². The molecule has 18 heavy (non-hydrogen) atoms. The molecular weight excluding hydrogens is 250 g/mol. The number of halogens is 1. The van der Waals surface area contributed by atoms with Crippen molar-refractivity contribution in [2.24, 2.45) is 5.92 Å².